The minimum Gasteiger partial charge on any atom is -0.466 e. The highest BCUT2D eigenvalue weighted by Crippen LogP contribution is 2.16. The molecule has 0 aromatic rings. The van der Waals surface area contributed by atoms with Crippen LogP contribution in [0.15, 0.2) is 23.8 Å². The van der Waals surface area contributed by atoms with Gasteiger partial charge in [0.25, 0.3) is 6.47 Å². The molecule has 3 heteroatoms. The molecule has 1 aliphatic carbocycles. The number of ether oxygens (including phenoxy) is 1. The van der Waals surface area contributed by atoms with E-state index < -0.39 is 0 Å². The van der Waals surface area contributed by atoms with Crippen LogP contribution in [0.5, 0.6) is 0 Å². The Balaban J connectivity index is 2.61. The van der Waals surface area contributed by atoms with Gasteiger partial charge in [-0.1, -0.05) is 18.2 Å². The molecule has 1 rings (SSSR count). The number of likely N-dealkylation sites (N-methyl/N-ethyl adjacent to an activating group) is 1. The highest BCUT2D eigenvalue weighted by molar-refractivity contribution is 5.37. The lowest BCUT2D eigenvalue weighted by atomic mass is 10.00. The van der Waals surface area contributed by atoms with Gasteiger partial charge in [0, 0.05) is 0 Å². The second-order valence-electron chi connectivity index (χ2n) is 3.59. The average molecular weight is 195 g/mol. The lowest BCUT2D eigenvalue weighted by Crippen LogP contribution is -2.34. The minimum absolute atomic E-state index is 0.178. The average Bonchev–Trinajstić information content (AvgIpc) is 2.19. The maximum Gasteiger partial charge on any atom is 0.293 e. The molecule has 0 N–H and O–H groups in total. The molecule has 78 valence electrons. The van der Waals surface area contributed by atoms with Crippen molar-refractivity contribution in [3.8, 4) is 0 Å². The van der Waals surface area contributed by atoms with Crippen molar-refractivity contribution in [1.29, 1.82) is 0 Å². The van der Waals surface area contributed by atoms with E-state index in [1.807, 2.05) is 14.1 Å². The van der Waals surface area contributed by atoms with E-state index in [0.29, 0.717) is 13.1 Å². The van der Waals surface area contributed by atoms with Crippen molar-refractivity contribution in [2.24, 2.45) is 0 Å². The number of allylic oxidation sites excluding steroid dienone is 2. The van der Waals surface area contributed by atoms with Crippen LogP contribution in [0.4, 0.5) is 0 Å². The number of hydrogen-bond acceptors (Lipinski definition) is 3. The number of carbonyl (C=O) groups is 1. The summed E-state index contributed by atoms with van der Waals surface area (Å²) in [5, 5.41) is 0. The van der Waals surface area contributed by atoms with Gasteiger partial charge >= 0.3 is 0 Å². The van der Waals surface area contributed by atoms with Crippen LogP contribution in [0, 0.1) is 0 Å². The van der Waals surface area contributed by atoms with Crippen molar-refractivity contribution in [3.63, 3.8) is 0 Å². The standard InChI is InChI=1S/C11H17NO2/c1-12(2)11(8-14-9-13)10-6-4-3-5-7-10/h4,6-7,9,11H,3,5,8H2,1-2H3/t11-/m0/s1. The van der Waals surface area contributed by atoms with Crippen LogP contribution in [0.25, 0.3) is 0 Å². The molecule has 0 bridgehead atoms. The number of nitrogens with zero attached hydrogens (tertiary/aromatic N) is 1. The Hall–Kier alpha value is -1.09. The molecule has 0 aromatic heterocycles. The van der Waals surface area contributed by atoms with E-state index in [9.17, 15) is 4.79 Å². The molecule has 3 nitrogen and oxygen atoms in total. The smallest absolute Gasteiger partial charge is 0.293 e. The lowest BCUT2D eigenvalue weighted by Gasteiger charge is -2.25. The summed E-state index contributed by atoms with van der Waals surface area (Å²) in [6.45, 7) is 0.927. The Morgan fingerprint density at radius 2 is 2.36 bits per heavy atom. The predicted molar refractivity (Wildman–Crippen MR) is 55.9 cm³/mol. The molecule has 0 spiro atoms. The van der Waals surface area contributed by atoms with E-state index in [2.05, 4.69) is 23.1 Å². The van der Waals surface area contributed by atoms with E-state index in [-0.39, 0.29) is 6.04 Å². The Morgan fingerprint density at radius 3 is 2.86 bits per heavy atom. The van der Waals surface area contributed by atoms with E-state index in [4.69, 9.17) is 4.74 Å². The van der Waals surface area contributed by atoms with Crippen LogP contribution in [-0.2, 0) is 9.53 Å². The third kappa shape index (κ3) is 3.00. The highest BCUT2D eigenvalue weighted by atomic mass is 16.5. The van der Waals surface area contributed by atoms with Gasteiger partial charge in [0.1, 0.15) is 6.61 Å². The maximum absolute atomic E-state index is 10.1. The molecular formula is C11H17NO2. The highest BCUT2D eigenvalue weighted by Gasteiger charge is 2.16. The molecule has 14 heavy (non-hydrogen) atoms. The van der Waals surface area contributed by atoms with E-state index >= 15 is 0 Å². The number of carbonyl (C=O) groups excluding carboxylic acids is 1. The first kappa shape index (κ1) is 11.0. The van der Waals surface area contributed by atoms with Crippen molar-refractivity contribution in [3.05, 3.63) is 23.8 Å². The van der Waals surface area contributed by atoms with Crippen LogP contribution >= 0.6 is 0 Å². The summed E-state index contributed by atoms with van der Waals surface area (Å²) >= 11 is 0. The Labute approximate surface area is 85.0 Å². The molecular weight excluding hydrogens is 178 g/mol. The van der Waals surface area contributed by atoms with Crippen molar-refractivity contribution < 1.29 is 9.53 Å². The zero-order valence-electron chi connectivity index (χ0n) is 8.77. The molecule has 1 aliphatic rings. The third-order valence-electron chi connectivity index (χ3n) is 2.35. The van der Waals surface area contributed by atoms with Crippen molar-refractivity contribution in [1.82, 2.24) is 4.90 Å². The maximum atomic E-state index is 10.1. The van der Waals surface area contributed by atoms with Gasteiger partial charge in [-0.05, 0) is 32.5 Å². The summed E-state index contributed by atoms with van der Waals surface area (Å²) < 4.78 is 4.81. The quantitative estimate of drug-likeness (QED) is 0.620. The monoisotopic (exact) mass is 195 g/mol. The zero-order valence-corrected chi connectivity index (χ0v) is 8.77. The van der Waals surface area contributed by atoms with Gasteiger partial charge in [0.15, 0.2) is 0 Å². The molecule has 0 aliphatic heterocycles. The van der Waals surface area contributed by atoms with Crippen molar-refractivity contribution in [2.45, 2.75) is 18.9 Å². The fourth-order valence-corrected chi connectivity index (χ4v) is 1.55. The fraction of sp³-hybridized carbons (Fsp3) is 0.545. The molecule has 0 aromatic carbocycles. The first-order valence-electron chi connectivity index (χ1n) is 4.84. The molecule has 0 saturated heterocycles. The summed E-state index contributed by atoms with van der Waals surface area (Å²) in [5.41, 5.74) is 1.24. The molecule has 0 amide bonds. The van der Waals surface area contributed by atoms with Gasteiger partial charge < -0.3 is 4.74 Å². The summed E-state index contributed by atoms with van der Waals surface area (Å²) in [6.07, 6.45) is 8.67. The molecule has 0 unspecified atom stereocenters. The topological polar surface area (TPSA) is 29.5 Å². The summed E-state index contributed by atoms with van der Waals surface area (Å²) in [6, 6.07) is 0.178. The minimum atomic E-state index is 0.178. The van der Waals surface area contributed by atoms with Crippen LogP contribution in [0.1, 0.15) is 12.8 Å². The molecule has 0 saturated carbocycles. The van der Waals surface area contributed by atoms with Gasteiger partial charge in [0.2, 0.25) is 0 Å². The second kappa shape index (κ2) is 5.60. The fourth-order valence-electron chi connectivity index (χ4n) is 1.55. The molecule has 0 fully saturated rings. The van der Waals surface area contributed by atoms with E-state index in [0.717, 1.165) is 12.8 Å². The predicted octanol–water partition coefficient (Wildman–Crippen LogP) is 1.37. The molecule has 0 heterocycles. The van der Waals surface area contributed by atoms with Crippen LogP contribution in [-0.4, -0.2) is 38.1 Å². The van der Waals surface area contributed by atoms with E-state index in [1.54, 1.807) is 0 Å². The Bertz CT molecular complexity index is 244. The SMILES string of the molecule is CN(C)[C@@H](COC=O)C1=CCCC=C1. The van der Waals surface area contributed by atoms with Crippen LogP contribution in [0.2, 0.25) is 0 Å². The summed E-state index contributed by atoms with van der Waals surface area (Å²) in [7, 11) is 3.98. The van der Waals surface area contributed by atoms with Gasteiger partial charge in [-0.15, -0.1) is 0 Å². The van der Waals surface area contributed by atoms with Crippen LogP contribution in [0.3, 0.4) is 0 Å². The third-order valence-corrected chi connectivity index (χ3v) is 2.35. The van der Waals surface area contributed by atoms with Gasteiger partial charge in [0.05, 0.1) is 6.04 Å². The second-order valence-corrected chi connectivity index (χ2v) is 3.59. The van der Waals surface area contributed by atoms with Crippen molar-refractivity contribution >= 4 is 6.47 Å². The molecule has 0 radical (unpaired) electrons. The first-order chi connectivity index (χ1) is 6.75. The summed E-state index contributed by atoms with van der Waals surface area (Å²) in [4.78, 5) is 12.2. The normalized spacial score (nSPS) is 17.8. The first-order valence-corrected chi connectivity index (χ1v) is 4.84. The van der Waals surface area contributed by atoms with Gasteiger partial charge in [-0.25, -0.2) is 0 Å². The zero-order chi connectivity index (χ0) is 10.4. The van der Waals surface area contributed by atoms with Gasteiger partial charge in [-0.3, -0.25) is 9.69 Å². The largest absolute Gasteiger partial charge is 0.466 e. The van der Waals surface area contributed by atoms with Crippen LogP contribution < -0.4 is 0 Å². The number of rotatable bonds is 5. The lowest BCUT2D eigenvalue weighted by molar-refractivity contribution is -0.129. The molecule has 1 atom stereocenters. The Morgan fingerprint density at radius 1 is 1.57 bits per heavy atom. The van der Waals surface area contributed by atoms with Crippen molar-refractivity contribution in [2.75, 3.05) is 20.7 Å². The van der Waals surface area contributed by atoms with Gasteiger partial charge in [-0.2, -0.15) is 0 Å². The number of hydrogen-bond donors (Lipinski definition) is 0. The van der Waals surface area contributed by atoms with E-state index in [1.165, 1.54) is 5.57 Å². The summed E-state index contributed by atoms with van der Waals surface area (Å²) in [5.74, 6) is 0. The Kier molecular flexibility index (Phi) is 4.40.